The molecule has 2 aromatic carbocycles. The second-order valence-corrected chi connectivity index (χ2v) is 5.14. The molecular weight excluding hydrogens is 236 g/mol. The van der Waals surface area contributed by atoms with E-state index >= 15 is 0 Å². The highest BCUT2D eigenvalue weighted by atomic mass is 16.5. The van der Waals surface area contributed by atoms with Gasteiger partial charge in [-0.05, 0) is 30.7 Å². The van der Waals surface area contributed by atoms with Gasteiger partial charge in [0.15, 0.2) is 0 Å². The van der Waals surface area contributed by atoms with Crippen LogP contribution in [0.4, 0.5) is 0 Å². The molecule has 0 spiro atoms. The Balaban J connectivity index is 1.94. The highest BCUT2D eigenvalue weighted by molar-refractivity contribution is 5.47. The van der Waals surface area contributed by atoms with Gasteiger partial charge in [0.25, 0.3) is 0 Å². The van der Waals surface area contributed by atoms with Crippen LogP contribution >= 0.6 is 0 Å². The second kappa shape index (κ2) is 4.61. The average Bonchev–Trinajstić information content (AvgIpc) is 2.76. The fourth-order valence-electron chi connectivity index (χ4n) is 2.63. The number of methoxy groups -OCH3 is 1. The SMILES string of the molecule is COc1ccc2c(c1)C(C)C(c1ccc(C)cc1)O2. The summed E-state index contributed by atoms with van der Waals surface area (Å²) in [4.78, 5) is 0. The highest BCUT2D eigenvalue weighted by Gasteiger charge is 2.32. The first-order valence-corrected chi connectivity index (χ1v) is 6.60. The maximum Gasteiger partial charge on any atom is 0.130 e. The minimum absolute atomic E-state index is 0.0997. The largest absolute Gasteiger partial charge is 0.497 e. The Labute approximate surface area is 114 Å². The van der Waals surface area contributed by atoms with Gasteiger partial charge in [0, 0.05) is 11.5 Å². The van der Waals surface area contributed by atoms with Gasteiger partial charge in [-0.15, -0.1) is 0 Å². The first-order chi connectivity index (χ1) is 9.19. The number of rotatable bonds is 2. The predicted octanol–water partition coefficient (Wildman–Crippen LogP) is 4.24. The molecule has 0 amide bonds. The zero-order valence-electron chi connectivity index (χ0n) is 11.5. The Bertz CT molecular complexity index is 587. The van der Waals surface area contributed by atoms with Gasteiger partial charge in [-0.3, -0.25) is 0 Å². The lowest BCUT2D eigenvalue weighted by Gasteiger charge is -2.16. The summed E-state index contributed by atoms with van der Waals surface area (Å²) in [7, 11) is 1.69. The van der Waals surface area contributed by atoms with E-state index in [1.807, 2.05) is 12.1 Å². The van der Waals surface area contributed by atoms with E-state index in [-0.39, 0.29) is 6.10 Å². The zero-order chi connectivity index (χ0) is 13.4. The summed E-state index contributed by atoms with van der Waals surface area (Å²) in [5.74, 6) is 2.20. The molecule has 98 valence electrons. The molecule has 3 rings (SSSR count). The van der Waals surface area contributed by atoms with Crippen LogP contribution in [0.3, 0.4) is 0 Å². The van der Waals surface area contributed by atoms with Crippen LogP contribution in [0.15, 0.2) is 42.5 Å². The molecule has 0 aliphatic carbocycles. The van der Waals surface area contributed by atoms with E-state index in [4.69, 9.17) is 9.47 Å². The van der Waals surface area contributed by atoms with Gasteiger partial charge in [-0.25, -0.2) is 0 Å². The Morgan fingerprint density at radius 3 is 2.47 bits per heavy atom. The van der Waals surface area contributed by atoms with E-state index in [2.05, 4.69) is 44.2 Å². The van der Waals surface area contributed by atoms with Gasteiger partial charge in [-0.1, -0.05) is 36.8 Å². The quantitative estimate of drug-likeness (QED) is 0.798. The molecule has 1 aliphatic rings. The van der Waals surface area contributed by atoms with Crippen LogP contribution in [0.2, 0.25) is 0 Å². The lowest BCUT2D eigenvalue weighted by Crippen LogP contribution is -2.07. The maximum atomic E-state index is 6.09. The highest BCUT2D eigenvalue weighted by Crippen LogP contribution is 2.46. The molecule has 2 unspecified atom stereocenters. The lowest BCUT2D eigenvalue weighted by atomic mass is 9.92. The van der Waals surface area contributed by atoms with E-state index in [0.717, 1.165) is 11.5 Å². The number of aryl methyl sites for hydroxylation is 1. The zero-order valence-corrected chi connectivity index (χ0v) is 11.5. The molecule has 0 radical (unpaired) electrons. The molecule has 2 aromatic rings. The summed E-state index contributed by atoms with van der Waals surface area (Å²) >= 11 is 0. The standard InChI is InChI=1S/C17H18O2/c1-11-4-6-13(7-5-11)17-12(2)15-10-14(18-3)8-9-16(15)19-17/h4-10,12,17H,1-3H3. The first kappa shape index (κ1) is 12.1. The van der Waals surface area contributed by atoms with Crippen molar-refractivity contribution >= 4 is 0 Å². The average molecular weight is 254 g/mol. The van der Waals surface area contributed by atoms with Gasteiger partial charge in [0.1, 0.15) is 17.6 Å². The molecule has 0 bridgehead atoms. The number of hydrogen-bond donors (Lipinski definition) is 0. The van der Waals surface area contributed by atoms with E-state index in [9.17, 15) is 0 Å². The lowest BCUT2D eigenvalue weighted by molar-refractivity contribution is 0.216. The molecule has 1 aliphatic heterocycles. The smallest absolute Gasteiger partial charge is 0.130 e. The fourth-order valence-corrected chi connectivity index (χ4v) is 2.63. The van der Waals surface area contributed by atoms with Crippen molar-refractivity contribution in [1.29, 1.82) is 0 Å². The molecular formula is C17H18O2. The van der Waals surface area contributed by atoms with Crippen LogP contribution in [0.5, 0.6) is 11.5 Å². The third-order valence-corrected chi connectivity index (χ3v) is 3.82. The molecule has 0 saturated heterocycles. The maximum absolute atomic E-state index is 6.09. The van der Waals surface area contributed by atoms with Gasteiger partial charge in [0.05, 0.1) is 7.11 Å². The Morgan fingerprint density at radius 2 is 1.79 bits per heavy atom. The van der Waals surface area contributed by atoms with E-state index in [0.29, 0.717) is 5.92 Å². The molecule has 0 aromatic heterocycles. The normalized spacial score (nSPS) is 20.8. The van der Waals surface area contributed by atoms with Crippen molar-refractivity contribution in [2.24, 2.45) is 0 Å². The minimum atomic E-state index is 0.0997. The van der Waals surface area contributed by atoms with Crippen molar-refractivity contribution < 1.29 is 9.47 Å². The third-order valence-electron chi connectivity index (χ3n) is 3.82. The van der Waals surface area contributed by atoms with Crippen molar-refractivity contribution in [3.8, 4) is 11.5 Å². The number of benzene rings is 2. The number of ether oxygens (including phenoxy) is 2. The van der Waals surface area contributed by atoms with Crippen LogP contribution in [0.25, 0.3) is 0 Å². The van der Waals surface area contributed by atoms with Crippen molar-refractivity contribution in [3.05, 3.63) is 59.2 Å². The molecule has 0 saturated carbocycles. The van der Waals surface area contributed by atoms with Crippen LogP contribution in [0.1, 0.15) is 35.6 Å². The van der Waals surface area contributed by atoms with Crippen molar-refractivity contribution in [2.45, 2.75) is 25.9 Å². The molecule has 19 heavy (non-hydrogen) atoms. The number of hydrogen-bond acceptors (Lipinski definition) is 2. The van der Waals surface area contributed by atoms with Gasteiger partial charge in [0.2, 0.25) is 0 Å². The number of fused-ring (bicyclic) bond motifs is 1. The minimum Gasteiger partial charge on any atom is -0.497 e. The Morgan fingerprint density at radius 1 is 1.05 bits per heavy atom. The van der Waals surface area contributed by atoms with Crippen LogP contribution < -0.4 is 9.47 Å². The summed E-state index contributed by atoms with van der Waals surface area (Å²) in [6, 6.07) is 14.6. The molecule has 0 N–H and O–H groups in total. The molecule has 1 heterocycles. The van der Waals surface area contributed by atoms with Crippen molar-refractivity contribution in [2.75, 3.05) is 7.11 Å². The first-order valence-electron chi connectivity index (χ1n) is 6.60. The Hall–Kier alpha value is -1.96. The van der Waals surface area contributed by atoms with Crippen LogP contribution in [-0.2, 0) is 0 Å². The van der Waals surface area contributed by atoms with Crippen LogP contribution in [0, 0.1) is 6.92 Å². The molecule has 0 fully saturated rings. The second-order valence-electron chi connectivity index (χ2n) is 5.14. The van der Waals surface area contributed by atoms with E-state index < -0.39 is 0 Å². The topological polar surface area (TPSA) is 18.5 Å². The van der Waals surface area contributed by atoms with Crippen molar-refractivity contribution in [1.82, 2.24) is 0 Å². The van der Waals surface area contributed by atoms with E-state index in [1.54, 1.807) is 7.11 Å². The van der Waals surface area contributed by atoms with Gasteiger partial charge >= 0.3 is 0 Å². The third kappa shape index (κ3) is 2.07. The predicted molar refractivity (Wildman–Crippen MR) is 76.0 cm³/mol. The molecule has 2 atom stereocenters. The fraction of sp³-hybridized carbons (Fsp3) is 0.294. The summed E-state index contributed by atoms with van der Waals surface area (Å²) in [5.41, 5.74) is 3.73. The van der Waals surface area contributed by atoms with E-state index in [1.165, 1.54) is 16.7 Å². The van der Waals surface area contributed by atoms with Gasteiger partial charge < -0.3 is 9.47 Å². The van der Waals surface area contributed by atoms with Crippen molar-refractivity contribution in [3.63, 3.8) is 0 Å². The van der Waals surface area contributed by atoms with Gasteiger partial charge in [-0.2, -0.15) is 0 Å². The summed E-state index contributed by atoms with van der Waals surface area (Å²) in [6.45, 7) is 4.30. The summed E-state index contributed by atoms with van der Waals surface area (Å²) in [6.07, 6.45) is 0.0997. The molecule has 2 nitrogen and oxygen atoms in total. The summed E-state index contributed by atoms with van der Waals surface area (Å²) in [5, 5.41) is 0. The molecule has 2 heteroatoms. The summed E-state index contributed by atoms with van der Waals surface area (Å²) < 4.78 is 11.4. The monoisotopic (exact) mass is 254 g/mol. The Kier molecular flexibility index (Phi) is 2.94. The van der Waals surface area contributed by atoms with Crippen LogP contribution in [-0.4, -0.2) is 7.11 Å².